The van der Waals surface area contributed by atoms with Gasteiger partial charge in [-0.3, -0.25) is 4.79 Å². The summed E-state index contributed by atoms with van der Waals surface area (Å²) >= 11 is 0. The molecular weight excluding hydrogens is 420 g/mol. The van der Waals surface area contributed by atoms with Crippen LogP contribution in [0.15, 0.2) is 63.1 Å². The molecule has 3 aromatic rings. The number of fused-ring (bicyclic) bond motifs is 1. The number of carbonyl (C=O) groups excluding carboxylic acids is 3. The molecule has 0 fully saturated rings. The number of hydrogen-bond acceptors (Lipinski definition) is 8. The maximum absolute atomic E-state index is 12.7. The summed E-state index contributed by atoms with van der Waals surface area (Å²) in [6.07, 6.45) is 1.40. The Balaban J connectivity index is 1.66. The number of furan rings is 1. The molecule has 2 aromatic heterocycles. The van der Waals surface area contributed by atoms with E-state index in [4.69, 9.17) is 13.9 Å². The number of benzene rings is 1. The lowest BCUT2D eigenvalue weighted by molar-refractivity contribution is -0.139. The summed E-state index contributed by atoms with van der Waals surface area (Å²) in [5, 5.41) is 11.7. The van der Waals surface area contributed by atoms with Gasteiger partial charge < -0.3 is 24.5 Å². The third kappa shape index (κ3) is 3.95. The molecule has 0 saturated heterocycles. The molecular formula is C21H18N4O7. The van der Waals surface area contributed by atoms with Crippen LogP contribution in [0.4, 0.5) is 4.79 Å². The second kappa shape index (κ2) is 8.76. The summed E-state index contributed by atoms with van der Waals surface area (Å²) in [5.74, 6) is -1.25. The molecule has 0 saturated carbocycles. The van der Waals surface area contributed by atoms with E-state index in [-0.39, 0.29) is 29.0 Å². The average Bonchev–Trinajstić information content (AvgIpc) is 3.32. The smallest absolute Gasteiger partial charge is 0.359 e. The van der Waals surface area contributed by atoms with Gasteiger partial charge in [0.05, 0.1) is 29.5 Å². The van der Waals surface area contributed by atoms with Crippen molar-refractivity contribution < 1.29 is 28.3 Å². The van der Waals surface area contributed by atoms with Gasteiger partial charge in [0.2, 0.25) is 0 Å². The predicted octanol–water partition coefficient (Wildman–Crippen LogP) is 1.54. The van der Waals surface area contributed by atoms with Crippen LogP contribution in [0.2, 0.25) is 0 Å². The fourth-order valence-electron chi connectivity index (χ4n) is 3.33. The third-order valence-corrected chi connectivity index (χ3v) is 4.71. The average molecular weight is 438 g/mol. The highest BCUT2D eigenvalue weighted by molar-refractivity contribution is 6.02. The molecule has 4 rings (SSSR count). The molecule has 1 aliphatic rings. The Kier molecular flexibility index (Phi) is 5.71. The lowest BCUT2D eigenvalue weighted by atomic mass is 10.0. The Morgan fingerprint density at radius 3 is 2.56 bits per heavy atom. The van der Waals surface area contributed by atoms with Gasteiger partial charge in [-0.05, 0) is 25.1 Å². The van der Waals surface area contributed by atoms with Gasteiger partial charge in [0.25, 0.3) is 5.56 Å². The maximum Gasteiger partial charge on any atom is 0.359 e. The first-order chi connectivity index (χ1) is 15.5. The molecule has 3 N–H and O–H groups in total. The van der Waals surface area contributed by atoms with Crippen molar-refractivity contribution in [1.82, 2.24) is 20.8 Å². The predicted molar refractivity (Wildman–Crippen MR) is 109 cm³/mol. The van der Waals surface area contributed by atoms with Crippen molar-refractivity contribution in [1.29, 1.82) is 0 Å². The zero-order chi connectivity index (χ0) is 22.7. The Morgan fingerprint density at radius 1 is 1.06 bits per heavy atom. The van der Waals surface area contributed by atoms with Crippen molar-refractivity contribution in [3.8, 4) is 0 Å². The van der Waals surface area contributed by atoms with E-state index in [1.54, 1.807) is 43.3 Å². The molecule has 3 heterocycles. The molecule has 0 aliphatic carbocycles. The van der Waals surface area contributed by atoms with Crippen LogP contribution in [-0.4, -0.2) is 41.4 Å². The normalized spacial score (nSPS) is 15.8. The number of H-pyrrole nitrogens is 1. The zero-order valence-electron chi connectivity index (χ0n) is 16.8. The molecule has 164 valence electrons. The quantitative estimate of drug-likeness (QED) is 0.490. The maximum atomic E-state index is 12.7. The van der Waals surface area contributed by atoms with Crippen molar-refractivity contribution in [3.63, 3.8) is 0 Å². The van der Waals surface area contributed by atoms with Gasteiger partial charge in [-0.2, -0.15) is 5.10 Å². The number of hydrogen-bond donors (Lipinski definition) is 3. The molecule has 0 bridgehead atoms. The second-order valence-electron chi connectivity index (χ2n) is 6.68. The van der Waals surface area contributed by atoms with Crippen LogP contribution in [0.5, 0.6) is 0 Å². The van der Waals surface area contributed by atoms with Gasteiger partial charge in [0, 0.05) is 5.39 Å². The molecule has 1 atom stereocenters. The number of nitrogens with one attached hydrogen (secondary N) is 3. The van der Waals surface area contributed by atoms with E-state index >= 15 is 0 Å². The van der Waals surface area contributed by atoms with Gasteiger partial charge in [-0.15, -0.1) is 0 Å². The molecule has 0 spiro atoms. The summed E-state index contributed by atoms with van der Waals surface area (Å²) in [6, 6.07) is 8.09. The van der Waals surface area contributed by atoms with Crippen molar-refractivity contribution >= 4 is 28.7 Å². The number of carbonyl (C=O) groups is 3. The highest BCUT2D eigenvalue weighted by atomic mass is 16.5. The van der Waals surface area contributed by atoms with Gasteiger partial charge in [0.1, 0.15) is 18.4 Å². The van der Waals surface area contributed by atoms with Crippen molar-refractivity contribution in [3.05, 3.63) is 75.7 Å². The number of nitrogens with zero attached hydrogens (tertiary/aromatic N) is 1. The lowest BCUT2D eigenvalue weighted by Gasteiger charge is -2.27. The van der Waals surface area contributed by atoms with Crippen LogP contribution in [0.3, 0.4) is 0 Å². The molecule has 2 amide bonds. The Hall–Kier alpha value is -4.41. The van der Waals surface area contributed by atoms with Crippen molar-refractivity contribution in [2.75, 3.05) is 13.2 Å². The Labute approximate surface area is 180 Å². The highest BCUT2D eigenvalue weighted by Gasteiger charge is 2.36. The van der Waals surface area contributed by atoms with E-state index in [1.807, 2.05) is 0 Å². The first-order valence-electron chi connectivity index (χ1n) is 9.65. The molecule has 11 heteroatoms. The largest absolute Gasteiger partial charge is 0.467 e. The fraction of sp³-hybridized carbons (Fsp3) is 0.190. The second-order valence-corrected chi connectivity index (χ2v) is 6.68. The van der Waals surface area contributed by atoms with E-state index in [2.05, 4.69) is 20.8 Å². The minimum atomic E-state index is -0.932. The first kappa shape index (κ1) is 20.8. The van der Waals surface area contributed by atoms with Crippen molar-refractivity contribution in [2.24, 2.45) is 0 Å². The van der Waals surface area contributed by atoms with Crippen LogP contribution in [-0.2, 0) is 14.3 Å². The van der Waals surface area contributed by atoms with Crippen LogP contribution >= 0.6 is 0 Å². The first-order valence-corrected chi connectivity index (χ1v) is 9.65. The number of aromatic nitrogens is 2. The summed E-state index contributed by atoms with van der Waals surface area (Å²) in [7, 11) is 0. The number of ether oxygens (including phenoxy) is 2. The Morgan fingerprint density at radius 2 is 1.84 bits per heavy atom. The van der Waals surface area contributed by atoms with E-state index in [0.717, 1.165) is 0 Å². The van der Waals surface area contributed by atoms with E-state index in [0.29, 0.717) is 11.1 Å². The molecule has 0 radical (unpaired) electrons. The molecule has 11 nitrogen and oxygen atoms in total. The van der Waals surface area contributed by atoms with Crippen LogP contribution < -0.4 is 16.2 Å². The minimum absolute atomic E-state index is 0.0356. The molecule has 1 aromatic carbocycles. The van der Waals surface area contributed by atoms with Gasteiger partial charge >= 0.3 is 18.0 Å². The topological polar surface area (TPSA) is 153 Å². The Bertz CT molecular complexity index is 1280. The van der Waals surface area contributed by atoms with Gasteiger partial charge in [-0.25, -0.2) is 19.5 Å². The summed E-state index contributed by atoms with van der Waals surface area (Å²) < 4.78 is 15.8. The molecule has 1 unspecified atom stereocenters. The van der Waals surface area contributed by atoms with Crippen LogP contribution in [0.1, 0.15) is 29.2 Å². The van der Waals surface area contributed by atoms with E-state index < -0.39 is 36.2 Å². The summed E-state index contributed by atoms with van der Waals surface area (Å²) in [4.78, 5) is 49.5. The summed E-state index contributed by atoms with van der Waals surface area (Å²) in [6.45, 7) is 1.29. The monoisotopic (exact) mass is 438 g/mol. The fourth-order valence-corrected chi connectivity index (χ4v) is 3.33. The molecule has 1 aliphatic heterocycles. The minimum Gasteiger partial charge on any atom is -0.467 e. The van der Waals surface area contributed by atoms with Crippen LogP contribution in [0.25, 0.3) is 10.8 Å². The van der Waals surface area contributed by atoms with Gasteiger partial charge in [0.15, 0.2) is 5.69 Å². The number of rotatable bonds is 6. The zero-order valence-corrected chi connectivity index (χ0v) is 16.8. The SMILES string of the molecule is CCOC(=O)C1=C(COC(=O)c2n[nH]c(=O)c3ccccc23)NC(=O)NC1c1ccco1. The van der Waals surface area contributed by atoms with Gasteiger partial charge in [-0.1, -0.05) is 18.2 Å². The number of aromatic amines is 1. The highest BCUT2D eigenvalue weighted by Crippen LogP contribution is 2.28. The lowest BCUT2D eigenvalue weighted by Crippen LogP contribution is -2.47. The van der Waals surface area contributed by atoms with Crippen LogP contribution in [0, 0.1) is 0 Å². The third-order valence-electron chi connectivity index (χ3n) is 4.71. The standard InChI is InChI=1S/C21H18N4O7/c1-2-30-19(27)15-13(22-21(29)23-17(15)14-8-5-9-31-14)10-32-20(28)16-11-6-3-4-7-12(11)18(26)25-24-16/h3-9,17H,2,10H2,1H3,(H,25,26)(H2,22,23,29). The van der Waals surface area contributed by atoms with Crippen molar-refractivity contribution in [2.45, 2.75) is 13.0 Å². The number of esters is 2. The van der Waals surface area contributed by atoms with E-state index in [1.165, 1.54) is 6.26 Å². The summed E-state index contributed by atoms with van der Waals surface area (Å²) in [5.41, 5.74) is -0.484. The molecule has 32 heavy (non-hydrogen) atoms. The number of amides is 2. The number of urea groups is 1. The van der Waals surface area contributed by atoms with E-state index in [9.17, 15) is 19.2 Å².